The number of carbonyl (C=O) groups is 3. The highest BCUT2D eigenvalue weighted by Crippen LogP contribution is 2.23. The van der Waals surface area contributed by atoms with E-state index in [2.05, 4.69) is 5.32 Å². The van der Waals surface area contributed by atoms with Crippen LogP contribution in [0.2, 0.25) is 0 Å². The molecule has 1 amide bonds. The van der Waals surface area contributed by atoms with Gasteiger partial charge in [0.1, 0.15) is 18.4 Å². The maximum Gasteiger partial charge on any atom is 0.328 e. The topological polar surface area (TPSA) is 84.9 Å². The van der Waals surface area contributed by atoms with Crippen molar-refractivity contribution in [1.82, 2.24) is 4.90 Å². The summed E-state index contributed by atoms with van der Waals surface area (Å²) < 4.78 is 11.1. The maximum absolute atomic E-state index is 13.2. The number of para-hydroxylation sites is 1. The van der Waals surface area contributed by atoms with Crippen LogP contribution in [0.5, 0.6) is 5.75 Å². The third-order valence-corrected chi connectivity index (χ3v) is 7.16. The van der Waals surface area contributed by atoms with Crippen LogP contribution in [0.25, 0.3) is 0 Å². The molecule has 7 heteroatoms. The van der Waals surface area contributed by atoms with E-state index in [1.807, 2.05) is 105 Å². The number of nitrogens with one attached hydrogen (secondary N) is 1. The van der Waals surface area contributed by atoms with Crippen molar-refractivity contribution in [2.75, 3.05) is 25.6 Å². The summed E-state index contributed by atoms with van der Waals surface area (Å²) in [4.78, 5) is 40.9. The third-order valence-electron chi connectivity index (χ3n) is 7.16. The van der Waals surface area contributed by atoms with Crippen molar-refractivity contribution in [3.63, 3.8) is 0 Å². The lowest BCUT2D eigenvalue weighted by Gasteiger charge is -2.29. The van der Waals surface area contributed by atoms with Gasteiger partial charge in [0.25, 0.3) is 0 Å². The highest BCUT2D eigenvalue weighted by molar-refractivity contribution is 6.12. The van der Waals surface area contributed by atoms with Crippen LogP contribution in [0.4, 0.5) is 5.69 Å². The van der Waals surface area contributed by atoms with Crippen molar-refractivity contribution < 1.29 is 23.9 Å². The largest absolute Gasteiger partial charge is 0.492 e. The van der Waals surface area contributed by atoms with Gasteiger partial charge in [0.15, 0.2) is 5.78 Å². The first-order valence-corrected chi connectivity index (χ1v) is 14.7. The molecule has 0 radical (unpaired) electrons. The first-order chi connectivity index (χ1) is 21.2. The van der Waals surface area contributed by atoms with E-state index in [0.717, 1.165) is 11.1 Å². The van der Waals surface area contributed by atoms with Crippen molar-refractivity contribution >= 4 is 23.3 Å². The number of anilines is 1. The number of benzene rings is 4. The molecule has 0 aliphatic rings. The predicted molar refractivity (Wildman–Crippen MR) is 173 cm³/mol. The SMILES string of the molecule is COC(=O)C(Cc1ccc(OCCN(Cc2ccccc2)C(=O)C(C)(C)C)cc1)Nc1ccccc1C(=O)c1ccccc1. The molecule has 44 heavy (non-hydrogen) atoms. The number of ether oxygens (including phenoxy) is 2. The normalized spacial score (nSPS) is 11.7. The lowest BCUT2D eigenvalue weighted by molar-refractivity contribution is -0.141. The predicted octanol–water partition coefficient (Wildman–Crippen LogP) is 6.57. The Morgan fingerprint density at radius 1 is 0.773 bits per heavy atom. The molecule has 4 aromatic carbocycles. The Morgan fingerprint density at radius 3 is 2.02 bits per heavy atom. The second kappa shape index (κ2) is 15.0. The second-order valence-corrected chi connectivity index (χ2v) is 11.6. The number of ketones is 1. The van der Waals surface area contributed by atoms with Crippen LogP contribution in [0.15, 0.2) is 109 Å². The van der Waals surface area contributed by atoms with E-state index in [9.17, 15) is 14.4 Å². The van der Waals surface area contributed by atoms with Crippen molar-refractivity contribution in [2.24, 2.45) is 5.41 Å². The molecule has 228 valence electrons. The van der Waals surface area contributed by atoms with Gasteiger partial charge in [0.2, 0.25) is 5.91 Å². The summed E-state index contributed by atoms with van der Waals surface area (Å²) in [6, 6.07) is 32.9. The number of rotatable bonds is 13. The van der Waals surface area contributed by atoms with Gasteiger partial charge in [-0.3, -0.25) is 9.59 Å². The van der Waals surface area contributed by atoms with Crippen LogP contribution in [0, 0.1) is 5.41 Å². The molecular formula is C37H40N2O5. The van der Waals surface area contributed by atoms with Gasteiger partial charge in [-0.1, -0.05) is 106 Å². The summed E-state index contributed by atoms with van der Waals surface area (Å²) in [6.45, 7) is 7.06. The van der Waals surface area contributed by atoms with Gasteiger partial charge in [-0.2, -0.15) is 0 Å². The van der Waals surface area contributed by atoms with Crippen LogP contribution < -0.4 is 10.1 Å². The summed E-state index contributed by atoms with van der Waals surface area (Å²) in [5, 5.41) is 3.24. The van der Waals surface area contributed by atoms with Crippen molar-refractivity contribution in [1.29, 1.82) is 0 Å². The van der Waals surface area contributed by atoms with Crippen LogP contribution in [0.1, 0.15) is 47.8 Å². The zero-order valence-corrected chi connectivity index (χ0v) is 25.8. The summed E-state index contributed by atoms with van der Waals surface area (Å²) in [7, 11) is 1.35. The fraction of sp³-hybridized carbons (Fsp3) is 0.270. The maximum atomic E-state index is 13.2. The van der Waals surface area contributed by atoms with Gasteiger partial charge in [0.05, 0.1) is 13.7 Å². The average molecular weight is 593 g/mol. The number of amides is 1. The van der Waals surface area contributed by atoms with Crippen molar-refractivity contribution in [3.05, 3.63) is 131 Å². The summed E-state index contributed by atoms with van der Waals surface area (Å²) in [5.74, 6) is 0.159. The Bertz CT molecular complexity index is 1530. The molecule has 1 unspecified atom stereocenters. The molecule has 0 aliphatic carbocycles. The zero-order chi connectivity index (χ0) is 31.5. The standard InChI is InChI=1S/C37H40N2O5/c1-37(2,3)36(42)39(26-28-13-7-5-8-14-28)23-24-44-30-21-19-27(20-22-30)25-33(35(41)43-4)38-32-18-12-11-17-31(32)34(40)29-15-9-6-10-16-29/h5-22,33,38H,23-26H2,1-4H3. The minimum Gasteiger partial charge on any atom is -0.492 e. The number of hydrogen-bond acceptors (Lipinski definition) is 6. The monoisotopic (exact) mass is 592 g/mol. The van der Waals surface area contributed by atoms with Crippen molar-refractivity contribution in [2.45, 2.75) is 39.8 Å². The Balaban J connectivity index is 1.40. The van der Waals surface area contributed by atoms with E-state index in [1.165, 1.54) is 7.11 Å². The van der Waals surface area contributed by atoms with Gasteiger partial charge in [0, 0.05) is 35.2 Å². The Hall–Kier alpha value is -4.91. The molecule has 7 nitrogen and oxygen atoms in total. The fourth-order valence-corrected chi connectivity index (χ4v) is 4.84. The lowest BCUT2D eigenvalue weighted by atomic mass is 9.94. The van der Waals surface area contributed by atoms with E-state index in [0.29, 0.717) is 48.7 Å². The molecule has 0 saturated heterocycles. The Labute approximate surface area is 259 Å². The molecule has 0 heterocycles. The number of hydrogen-bond donors (Lipinski definition) is 1. The number of carbonyl (C=O) groups excluding carboxylic acids is 3. The molecule has 1 atom stereocenters. The van der Waals surface area contributed by atoms with Gasteiger partial charge >= 0.3 is 5.97 Å². The molecule has 0 spiro atoms. The zero-order valence-electron chi connectivity index (χ0n) is 25.8. The van der Waals surface area contributed by atoms with Crippen LogP contribution in [0.3, 0.4) is 0 Å². The smallest absolute Gasteiger partial charge is 0.328 e. The molecular weight excluding hydrogens is 552 g/mol. The molecule has 0 bridgehead atoms. The van der Waals surface area contributed by atoms with E-state index >= 15 is 0 Å². The van der Waals surface area contributed by atoms with Crippen LogP contribution in [-0.4, -0.2) is 48.9 Å². The molecule has 1 N–H and O–H groups in total. The highest BCUT2D eigenvalue weighted by atomic mass is 16.5. The first-order valence-electron chi connectivity index (χ1n) is 14.7. The Morgan fingerprint density at radius 2 is 1.39 bits per heavy atom. The minimum absolute atomic E-state index is 0.0636. The second-order valence-electron chi connectivity index (χ2n) is 11.6. The lowest BCUT2D eigenvalue weighted by Crippen LogP contribution is -2.41. The van der Waals surface area contributed by atoms with E-state index in [4.69, 9.17) is 9.47 Å². The number of nitrogens with zero attached hydrogens (tertiary/aromatic N) is 1. The molecule has 4 rings (SSSR count). The fourth-order valence-electron chi connectivity index (χ4n) is 4.84. The quantitative estimate of drug-likeness (QED) is 0.140. The van der Waals surface area contributed by atoms with Gasteiger partial charge < -0.3 is 19.7 Å². The molecule has 4 aromatic rings. The molecule has 0 fully saturated rings. The summed E-state index contributed by atoms with van der Waals surface area (Å²) in [5.41, 5.74) is 3.05. The summed E-state index contributed by atoms with van der Waals surface area (Å²) in [6.07, 6.45) is 0.339. The third kappa shape index (κ3) is 8.80. The summed E-state index contributed by atoms with van der Waals surface area (Å²) >= 11 is 0. The Kier molecular flexibility index (Phi) is 10.9. The van der Waals surface area contributed by atoms with E-state index < -0.39 is 17.4 Å². The highest BCUT2D eigenvalue weighted by Gasteiger charge is 2.27. The van der Waals surface area contributed by atoms with Gasteiger partial charge in [-0.15, -0.1) is 0 Å². The molecule has 0 aliphatic heterocycles. The van der Waals surface area contributed by atoms with E-state index in [-0.39, 0.29) is 11.7 Å². The first kappa shape index (κ1) is 32.0. The van der Waals surface area contributed by atoms with Crippen LogP contribution >= 0.6 is 0 Å². The van der Waals surface area contributed by atoms with Crippen molar-refractivity contribution in [3.8, 4) is 5.75 Å². The number of esters is 1. The molecule has 0 saturated carbocycles. The number of methoxy groups -OCH3 is 1. The average Bonchev–Trinajstić information content (AvgIpc) is 3.04. The van der Waals surface area contributed by atoms with Gasteiger partial charge in [-0.05, 0) is 35.4 Å². The van der Waals surface area contributed by atoms with E-state index in [1.54, 1.807) is 30.3 Å². The molecule has 0 aromatic heterocycles. The van der Waals surface area contributed by atoms with Crippen LogP contribution in [-0.2, 0) is 27.3 Å². The van der Waals surface area contributed by atoms with Gasteiger partial charge in [-0.25, -0.2) is 4.79 Å². The minimum atomic E-state index is -0.716.